The fourth-order valence-electron chi connectivity index (χ4n) is 1.43. The molecule has 0 aliphatic heterocycles. The summed E-state index contributed by atoms with van der Waals surface area (Å²) in [5, 5.41) is 10.3. The van der Waals surface area contributed by atoms with Gasteiger partial charge in [-0.15, -0.1) is 10.2 Å². The molecule has 110 valence electrons. The van der Waals surface area contributed by atoms with E-state index in [2.05, 4.69) is 36.4 Å². The number of amides is 1. The third kappa shape index (κ3) is 4.40. The van der Waals surface area contributed by atoms with Gasteiger partial charge in [-0.25, -0.2) is 0 Å². The van der Waals surface area contributed by atoms with E-state index in [1.165, 1.54) is 0 Å². The fraction of sp³-hybridized carbons (Fsp3) is 0.231. The van der Waals surface area contributed by atoms with Crippen LogP contribution in [0.2, 0.25) is 0 Å². The van der Waals surface area contributed by atoms with Crippen molar-refractivity contribution in [3.8, 4) is 0 Å². The summed E-state index contributed by atoms with van der Waals surface area (Å²) in [6.45, 7) is 3.31. The summed E-state index contributed by atoms with van der Waals surface area (Å²) >= 11 is 4.48. The Kier molecular flexibility index (Phi) is 5.13. The molecule has 2 rings (SSSR count). The largest absolute Gasteiger partial charge is 0.325 e. The predicted molar refractivity (Wildman–Crippen MR) is 85.5 cm³/mol. The number of benzene rings is 1. The van der Waals surface area contributed by atoms with Crippen molar-refractivity contribution in [2.24, 2.45) is 0 Å². The van der Waals surface area contributed by atoms with Crippen LogP contribution < -0.4 is 10.9 Å². The van der Waals surface area contributed by atoms with E-state index in [1.54, 1.807) is 26.0 Å². The number of hydrogen-bond acceptors (Lipinski definition) is 5. The van der Waals surface area contributed by atoms with E-state index >= 15 is 0 Å². The molecule has 0 spiro atoms. The molecule has 2 N–H and O–H groups in total. The number of anilines is 1. The second kappa shape index (κ2) is 6.86. The third-order valence-electron chi connectivity index (χ3n) is 2.61. The summed E-state index contributed by atoms with van der Waals surface area (Å²) in [5.41, 5.74) is 0.707. The van der Waals surface area contributed by atoms with Crippen molar-refractivity contribution in [2.45, 2.75) is 24.3 Å². The number of H-pyrrole nitrogens is 1. The van der Waals surface area contributed by atoms with Gasteiger partial charge in [0, 0.05) is 10.2 Å². The Labute approximate surface area is 133 Å². The molecule has 8 heteroatoms. The minimum absolute atomic E-state index is 0.175. The molecule has 1 heterocycles. The number of rotatable bonds is 4. The van der Waals surface area contributed by atoms with Crippen molar-refractivity contribution in [1.29, 1.82) is 0 Å². The van der Waals surface area contributed by atoms with E-state index < -0.39 is 5.25 Å². The van der Waals surface area contributed by atoms with Crippen molar-refractivity contribution in [1.82, 2.24) is 15.2 Å². The van der Waals surface area contributed by atoms with E-state index in [9.17, 15) is 9.59 Å². The highest BCUT2D eigenvalue weighted by Gasteiger charge is 2.16. The van der Waals surface area contributed by atoms with Crippen LogP contribution >= 0.6 is 27.7 Å². The average Bonchev–Trinajstić information content (AvgIpc) is 2.45. The highest BCUT2D eigenvalue weighted by Crippen LogP contribution is 2.20. The standard InChI is InChI=1S/C13H13BrN4O2S/c1-7-11(19)16-13(18-17-7)21-8(2)12(20)15-10-5-3-9(14)4-6-10/h3-6,8H,1-2H3,(H,15,20)(H,16,18,19)/t8-/m1/s1. The van der Waals surface area contributed by atoms with Crippen molar-refractivity contribution in [2.75, 3.05) is 5.32 Å². The average molecular weight is 369 g/mol. The summed E-state index contributed by atoms with van der Waals surface area (Å²) < 4.78 is 0.940. The molecular weight excluding hydrogens is 356 g/mol. The van der Waals surface area contributed by atoms with Crippen LogP contribution in [0, 0.1) is 6.92 Å². The second-order valence-corrected chi connectivity index (χ2v) is 6.55. The Hall–Kier alpha value is -1.67. The number of halogens is 1. The monoisotopic (exact) mass is 368 g/mol. The Morgan fingerprint density at radius 1 is 1.33 bits per heavy atom. The lowest BCUT2D eigenvalue weighted by Crippen LogP contribution is -2.23. The number of aryl methyl sites for hydroxylation is 1. The maximum absolute atomic E-state index is 12.1. The quantitative estimate of drug-likeness (QED) is 0.808. The third-order valence-corrected chi connectivity index (χ3v) is 4.11. The molecule has 0 fully saturated rings. The minimum atomic E-state index is -0.415. The first-order chi connectivity index (χ1) is 9.95. The number of carbonyl (C=O) groups excluding carboxylic acids is 1. The summed E-state index contributed by atoms with van der Waals surface area (Å²) in [7, 11) is 0. The Bertz CT molecular complexity index is 702. The van der Waals surface area contributed by atoms with Gasteiger partial charge in [-0.2, -0.15) is 0 Å². The summed E-state index contributed by atoms with van der Waals surface area (Å²) in [6, 6.07) is 7.28. The molecule has 0 bridgehead atoms. The summed E-state index contributed by atoms with van der Waals surface area (Å²) in [6.07, 6.45) is 0. The number of thioether (sulfide) groups is 1. The van der Waals surface area contributed by atoms with Crippen LogP contribution in [0.25, 0.3) is 0 Å². The number of nitrogens with zero attached hydrogens (tertiary/aromatic N) is 2. The van der Waals surface area contributed by atoms with Gasteiger partial charge in [0.05, 0.1) is 5.25 Å². The van der Waals surface area contributed by atoms with E-state index in [-0.39, 0.29) is 11.5 Å². The Morgan fingerprint density at radius 3 is 2.62 bits per heavy atom. The maximum atomic E-state index is 12.1. The van der Waals surface area contributed by atoms with Crippen LogP contribution in [0.5, 0.6) is 0 Å². The number of carbonyl (C=O) groups is 1. The Balaban J connectivity index is 2.00. The highest BCUT2D eigenvalue weighted by molar-refractivity contribution is 9.10. The molecule has 6 nitrogen and oxygen atoms in total. The lowest BCUT2D eigenvalue weighted by Gasteiger charge is -2.11. The SMILES string of the molecule is Cc1nnc(S[C@H](C)C(=O)Nc2ccc(Br)cc2)[nH]c1=O. The zero-order valence-corrected chi connectivity index (χ0v) is 13.8. The summed E-state index contributed by atoms with van der Waals surface area (Å²) in [5.74, 6) is -0.175. The molecule has 2 aromatic rings. The highest BCUT2D eigenvalue weighted by atomic mass is 79.9. The molecule has 1 atom stereocenters. The maximum Gasteiger partial charge on any atom is 0.273 e. The molecule has 21 heavy (non-hydrogen) atoms. The molecule has 0 aliphatic rings. The Morgan fingerprint density at radius 2 is 2.00 bits per heavy atom. The van der Waals surface area contributed by atoms with Gasteiger partial charge in [-0.05, 0) is 38.1 Å². The first-order valence-electron chi connectivity index (χ1n) is 6.12. The van der Waals surface area contributed by atoms with Crippen molar-refractivity contribution < 1.29 is 4.79 Å². The van der Waals surface area contributed by atoms with Gasteiger partial charge in [-0.3, -0.25) is 14.6 Å². The van der Waals surface area contributed by atoms with E-state index in [0.717, 1.165) is 16.2 Å². The van der Waals surface area contributed by atoms with Crippen LogP contribution in [0.4, 0.5) is 5.69 Å². The van der Waals surface area contributed by atoms with Gasteiger partial charge >= 0.3 is 0 Å². The van der Waals surface area contributed by atoms with Crippen LogP contribution in [-0.4, -0.2) is 26.3 Å². The van der Waals surface area contributed by atoms with Crippen molar-refractivity contribution >= 4 is 39.3 Å². The van der Waals surface area contributed by atoms with Gasteiger partial charge in [-0.1, -0.05) is 27.7 Å². The molecule has 0 saturated heterocycles. The minimum Gasteiger partial charge on any atom is -0.325 e. The fourth-order valence-corrected chi connectivity index (χ4v) is 2.43. The molecule has 0 unspecified atom stereocenters. The predicted octanol–water partition coefficient (Wildman–Crippen LogP) is 2.36. The number of aromatic amines is 1. The number of hydrogen-bond donors (Lipinski definition) is 2. The van der Waals surface area contributed by atoms with Crippen LogP contribution in [0.15, 0.2) is 38.7 Å². The molecule has 1 amide bonds. The van der Waals surface area contributed by atoms with Gasteiger partial charge in [0.2, 0.25) is 5.91 Å². The lowest BCUT2D eigenvalue weighted by atomic mass is 10.3. The molecule has 1 aromatic heterocycles. The molecule has 0 radical (unpaired) electrons. The van der Waals surface area contributed by atoms with Crippen LogP contribution in [0.1, 0.15) is 12.6 Å². The van der Waals surface area contributed by atoms with Gasteiger partial charge < -0.3 is 5.32 Å². The molecular formula is C13H13BrN4O2S. The zero-order valence-electron chi connectivity index (χ0n) is 11.4. The normalized spacial score (nSPS) is 12.0. The second-order valence-electron chi connectivity index (χ2n) is 4.30. The van der Waals surface area contributed by atoms with Crippen LogP contribution in [-0.2, 0) is 4.79 Å². The lowest BCUT2D eigenvalue weighted by molar-refractivity contribution is -0.115. The smallest absolute Gasteiger partial charge is 0.273 e. The first kappa shape index (κ1) is 15.7. The number of aromatic nitrogens is 3. The van der Waals surface area contributed by atoms with Crippen molar-refractivity contribution in [3.63, 3.8) is 0 Å². The molecule has 0 saturated carbocycles. The van der Waals surface area contributed by atoms with Crippen LogP contribution in [0.3, 0.4) is 0 Å². The first-order valence-corrected chi connectivity index (χ1v) is 7.79. The number of nitrogens with one attached hydrogen (secondary N) is 2. The zero-order chi connectivity index (χ0) is 15.4. The van der Waals surface area contributed by atoms with Gasteiger partial charge in [0.25, 0.3) is 5.56 Å². The molecule has 0 aliphatic carbocycles. The van der Waals surface area contributed by atoms with Crippen molar-refractivity contribution in [3.05, 3.63) is 44.8 Å². The van der Waals surface area contributed by atoms with E-state index in [0.29, 0.717) is 16.5 Å². The van der Waals surface area contributed by atoms with Gasteiger partial charge in [0.1, 0.15) is 5.69 Å². The van der Waals surface area contributed by atoms with Gasteiger partial charge in [0.15, 0.2) is 5.16 Å². The van der Waals surface area contributed by atoms with E-state index in [1.807, 2.05) is 12.1 Å². The van der Waals surface area contributed by atoms with E-state index in [4.69, 9.17) is 0 Å². The summed E-state index contributed by atoms with van der Waals surface area (Å²) in [4.78, 5) is 26.1. The topological polar surface area (TPSA) is 87.7 Å². The molecule has 1 aromatic carbocycles.